The van der Waals surface area contributed by atoms with Gasteiger partial charge in [0, 0.05) is 11.4 Å². The minimum atomic E-state index is -0.247. The maximum absolute atomic E-state index is 11.8. The second kappa shape index (κ2) is 7.85. The minimum absolute atomic E-state index is 0.247. The molecule has 0 saturated carbocycles. The average Bonchev–Trinajstić information content (AvgIpc) is 2.49. The van der Waals surface area contributed by atoms with Gasteiger partial charge in [-0.05, 0) is 67.8 Å². The minimum Gasteiger partial charge on any atom is -0.494 e. The Hall–Kier alpha value is -2.00. The van der Waals surface area contributed by atoms with E-state index in [1.807, 2.05) is 32.0 Å². The highest BCUT2D eigenvalue weighted by molar-refractivity contribution is 6.30. The molecule has 0 atom stereocenters. The number of carbonyl (C=O) groups is 1. The quantitative estimate of drug-likeness (QED) is 0.439. The number of rotatable bonds is 6. The van der Waals surface area contributed by atoms with Gasteiger partial charge in [-0.3, -0.25) is 4.79 Å². The molecule has 0 fully saturated rings. The summed E-state index contributed by atoms with van der Waals surface area (Å²) < 4.78 is 10.8. The number of hydrogen-bond acceptors (Lipinski definition) is 3. The molecule has 2 rings (SSSR count). The molecule has 0 radical (unpaired) electrons. The largest absolute Gasteiger partial charge is 0.494 e. The first-order valence-corrected chi connectivity index (χ1v) is 7.59. The van der Waals surface area contributed by atoms with Gasteiger partial charge in [0.1, 0.15) is 11.5 Å². The van der Waals surface area contributed by atoms with E-state index in [9.17, 15) is 4.79 Å². The summed E-state index contributed by atoms with van der Waals surface area (Å²) in [5.41, 5.74) is 2.28. The van der Waals surface area contributed by atoms with Crippen molar-refractivity contribution >= 4 is 17.6 Å². The molecule has 0 aliphatic carbocycles. The summed E-state index contributed by atoms with van der Waals surface area (Å²) in [5.74, 6) is 1.08. The molecule has 0 saturated heterocycles. The van der Waals surface area contributed by atoms with Gasteiger partial charge in [0.25, 0.3) is 0 Å². The van der Waals surface area contributed by atoms with Crippen LogP contribution in [-0.4, -0.2) is 12.6 Å². The zero-order chi connectivity index (χ0) is 15.9. The topological polar surface area (TPSA) is 35.5 Å². The maximum atomic E-state index is 11.8. The van der Waals surface area contributed by atoms with Crippen molar-refractivity contribution in [3.8, 4) is 11.5 Å². The van der Waals surface area contributed by atoms with Gasteiger partial charge in [0.2, 0.25) is 0 Å². The van der Waals surface area contributed by atoms with Gasteiger partial charge in [-0.15, -0.1) is 0 Å². The Morgan fingerprint density at radius 3 is 2.36 bits per heavy atom. The van der Waals surface area contributed by atoms with E-state index in [-0.39, 0.29) is 5.97 Å². The number of hydrogen-bond donors (Lipinski definition) is 0. The monoisotopic (exact) mass is 318 g/mol. The Kier molecular flexibility index (Phi) is 5.84. The number of benzene rings is 2. The van der Waals surface area contributed by atoms with Crippen molar-refractivity contribution in [1.29, 1.82) is 0 Å². The molecular formula is C18H19ClO3. The van der Waals surface area contributed by atoms with Crippen LogP contribution in [0.25, 0.3) is 0 Å². The van der Waals surface area contributed by atoms with E-state index in [1.165, 1.54) is 5.56 Å². The molecule has 0 heterocycles. The normalized spacial score (nSPS) is 10.3. The first kappa shape index (κ1) is 16.4. The molecule has 0 bridgehead atoms. The van der Waals surface area contributed by atoms with Crippen molar-refractivity contribution in [2.24, 2.45) is 0 Å². The number of esters is 1. The molecule has 116 valence electrons. The fraction of sp³-hybridized carbons (Fsp3) is 0.278. The third-order valence-corrected chi connectivity index (χ3v) is 3.57. The summed E-state index contributed by atoms with van der Waals surface area (Å²) in [6.45, 7) is 4.48. The van der Waals surface area contributed by atoms with E-state index >= 15 is 0 Å². The van der Waals surface area contributed by atoms with E-state index in [1.54, 1.807) is 24.3 Å². The highest BCUT2D eigenvalue weighted by atomic mass is 35.5. The first-order chi connectivity index (χ1) is 10.5. The van der Waals surface area contributed by atoms with Crippen molar-refractivity contribution in [2.45, 2.75) is 26.7 Å². The predicted molar refractivity (Wildman–Crippen MR) is 87.7 cm³/mol. The fourth-order valence-electron chi connectivity index (χ4n) is 1.90. The van der Waals surface area contributed by atoms with Crippen molar-refractivity contribution in [3.63, 3.8) is 0 Å². The van der Waals surface area contributed by atoms with Gasteiger partial charge in [-0.1, -0.05) is 17.7 Å². The van der Waals surface area contributed by atoms with E-state index < -0.39 is 0 Å². The Morgan fingerprint density at radius 2 is 1.68 bits per heavy atom. The molecule has 4 heteroatoms. The van der Waals surface area contributed by atoms with E-state index in [0.717, 1.165) is 11.3 Å². The van der Waals surface area contributed by atoms with Gasteiger partial charge < -0.3 is 9.47 Å². The first-order valence-electron chi connectivity index (χ1n) is 7.21. The zero-order valence-corrected chi connectivity index (χ0v) is 13.5. The highest BCUT2D eigenvalue weighted by Crippen LogP contribution is 2.18. The molecule has 0 aliphatic heterocycles. The van der Waals surface area contributed by atoms with Crippen LogP contribution in [0, 0.1) is 13.8 Å². The smallest absolute Gasteiger partial charge is 0.311 e. The lowest BCUT2D eigenvalue weighted by Crippen LogP contribution is -2.10. The van der Waals surface area contributed by atoms with Crippen LogP contribution < -0.4 is 9.47 Å². The average molecular weight is 319 g/mol. The van der Waals surface area contributed by atoms with Crippen LogP contribution in [-0.2, 0) is 4.79 Å². The second-order valence-electron chi connectivity index (χ2n) is 5.13. The zero-order valence-electron chi connectivity index (χ0n) is 12.8. The predicted octanol–water partition coefficient (Wildman–Crippen LogP) is 4.72. The van der Waals surface area contributed by atoms with Crippen LogP contribution in [0.4, 0.5) is 0 Å². The fourth-order valence-corrected chi connectivity index (χ4v) is 2.02. The molecule has 2 aromatic carbocycles. The summed E-state index contributed by atoms with van der Waals surface area (Å²) >= 11 is 5.80. The second-order valence-corrected chi connectivity index (χ2v) is 5.56. The number of halogens is 1. The molecule has 0 aromatic heterocycles. The van der Waals surface area contributed by atoms with E-state index in [0.29, 0.717) is 30.2 Å². The summed E-state index contributed by atoms with van der Waals surface area (Å²) in [5, 5.41) is 0.671. The molecule has 0 unspecified atom stereocenters. The Labute approximate surface area is 135 Å². The number of ether oxygens (including phenoxy) is 2. The van der Waals surface area contributed by atoms with Gasteiger partial charge >= 0.3 is 5.97 Å². The van der Waals surface area contributed by atoms with Crippen molar-refractivity contribution in [2.75, 3.05) is 6.61 Å². The van der Waals surface area contributed by atoms with Crippen LogP contribution in [0.3, 0.4) is 0 Å². The molecule has 0 amide bonds. The molecule has 0 aliphatic rings. The van der Waals surface area contributed by atoms with E-state index in [4.69, 9.17) is 21.1 Å². The van der Waals surface area contributed by atoms with Gasteiger partial charge in [0.05, 0.1) is 6.61 Å². The highest BCUT2D eigenvalue weighted by Gasteiger charge is 2.06. The molecule has 3 nitrogen and oxygen atoms in total. The summed E-state index contributed by atoms with van der Waals surface area (Å²) in [6, 6.07) is 12.8. The third kappa shape index (κ3) is 5.08. The van der Waals surface area contributed by atoms with Gasteiger partial charge in [-0.2, -0.15) is 0 Å². The molecule has 22 heavy (non-hydrogen) atoms. The summed E-state index contributed by atoms with van der Waals surface area (Å²) in [6.07, 6.45) is 0.923. The molecular weight excluding hydrogens is 300 g/mol. The molecule has 2 aromatic rings. The maximum Gasteiger partial charge on any atom is 0.311 e. The van der Waals surface area contributed by atoms with Crippen LogP contribution in [0.1, 0.15) is 24.0 Å². The summed E-state index contributed by atoms with van der Waals surface area (Å²) in [4.78, 5) is 11.8. The van der Waals surface area contributed by atoms with Crippen LogP contribution in [0.2, 0.25) is 5.02 Å². The van der Waals surface area contributed by atoms with Crippen LogP contribution in [0.5, 0.6) is 11.5 Å². The van der Waals surface area contributed by atoms with Gasteiger partial charge in [0.15, 0.2) is 0 Å². The Bertz CT molecular complexity index is 635. The SMILES string of the molecule is Cc1ccc(OC(=O)CCCOc2ccc(Cl)cc2)cc1C. The number of aryl methyl sites for hydroxylation is 2. The standard InChI is InChI=1S/C18H19ClO3/c1-13-5-8-17(12-14(13)2)22-18(20)4-3-11-21-16-9-6-15(19)7-10-16/h5-10,12H,3-4,11H2,1-2H3. The molecule has 0 spiro atoms. The Balaban J connectivity index is 1.71. The van der Waals surface area contributed by atoms with Crippen molar-refractivity contribution in [3.05, 3.63) is 58.6 Å². The lowest BCUT2D eigenvalue weighted by atomic mass is 10.1. The molecule has 0 N–H and O–H groups in total. The summed E-state index contributed by atoms with van der Waals surface area (Å²) in [7, 11) is 0. The number of carbonyl (C=O) groups excluding carboxylic acids is 1. The van der Waals surface area contributed by atoms with Gasteiger partial charge in [-0.25, -0.2) is 0 Å². The Morgan fingerprint density at radius 1 is 1.00 bits per heavy atom. The van der Waals surface area contributed by atoms with Crippen LogP contribution in [0.15, 0.2) is 42.5 Å². The van der Waals surface area contributed by atoms with Crippen molar-refractivity contribution in [1.82, 2.24) is 0 Å². The lowest BCUT2D eigenvalue weighted by Gasteiger charge is -2.08. The van der Waals surface area contributed by atoms with Crippen LogP contribution >= 0.6 is 11.6 Å². The van der Waals surface area contributed by atoms with Crippen molar-refractivity contribution < 1.29 is 14.3 Å². The third-order valence-electron chi connectivity index (χ3n) is 3.32. The lowest BCUT2D eigenvalue weighted by molar-refractivity contribution is -0.134. The van der Waals surface area contributed by atoms with E-state index in [2.05, 4.69) is 0 Å².